The molecule has 0 aliphatic rings. The van der Waals surface area contributed by atoms with Gasteiger partial charge in [0.25, 0.3) is 0 Å². The standard InChI is InChI=1S/2BF4.Na.H/c2*2-1(3,4)5;;/q2*-1;;. The van der Waals surface area contributed by atoms with E-state index in [4.69, 9.17) is 0 Å². The van der Waals surface area contributed by atoms with Gasteiger partial charge in [0.2, 0.25) is 0 Å². The molecule has 0 unspecified atom stereocenters. The molecule has 66 valence electrons. The molecule has 0 atom stereocenters. The predicted octanol–water partition coefficient (Wildman–Crippen LogP) is 1.95. The number of hydrogen-bond acceptors (Lipinski definition) is 0. The number of rotatable bonds is 0. The summed E-state index contributed by atoms with van der Waals surface area (Å²) in [7, 11) is -12.0. The topological polar surface area (TPSA) is 0 Å². The van der Waals surface area contributed by atoms with E-state index in [0.29, 0.717) is 0 Å². The van der Waals surface area contributed by atoms with Crippen LogP contribution in [0.2, 0.25) is 0 Å². The van der Waals surface area contributed by atoms with Crippen LogP contribution in [-0.4, -0.2) is 44.1 Å². The van der Waals surface area contributed by atoms with Gasteiger partial charge in [-0.3, -0.25) is 0 Å². The van der Waals surface area contributed by atoms with E-state index in [1.807, 2.05) is 0 Å². The van der Waals surface area contributed by atoms with Crippen LogP contribution in [0.15, 0.2) is 0 Å². The van der Waals surface area contributed by atoms with Gasteiger partial charge in [-0.15, -0.1) is 0 Å². The first-order valence-corrected chi connectivity index (χ1v) is 1.75. The van der Waals surface area contributed by atoms with E-state index in [-0.39, 0.29) is 29.6 Å². The monoisotopic (exact) mass is 198 g/mol. The summed E-state index contributed by atoms with van der Waals surface area (Å²) in [6, 6.07) is 0. The second-order valence-corrected chi connectivity index (χ2v) is 0.990. The summed E-state index contributed by atoms with van der Waals surface area (Å²) in [6.07, 6.45) is 0. The summed E-state index contributed by atoms with van der Waals surface area (Å²) in [5.41, 5.74) is 0. The Labute approximate surface area is 78.8 Å². The van der Waals surface area contributed by atoms with Crippen LogP contribution in [-0.2, 0) is 0 Å². The Balaban J connectivity index is -0.000000107. The summed E-state index contributed by atoms with van der Waals surface area (Å²) in [4.78, 5) is 0. The van der Waals surface area contributed by atoms with Gasteiger partial charge in [0.1, 0.15) is 0 Å². The predicted molar refractivity (Wildman–Crippen MR) is 27.5 cm³/mol. The molecule has 0 fully saturated rings. The Hall–Kier alpha value is 0.570. The summed E-state index contributed by atoms with van der Waals surface area (Å²) in [5, 5.41) is 0. The molecule has 0 saturated carbocycles. The Bertz CT molecular complexity index is 55.1. The third-order valence-electron chi connectivity index (χ3n) is 0. The van der Waals surface area contributed by atoms with Crippen LogP contribution >= 0.6 is 0 Å². The Morgan fingerprint density at radius 2 is 0.455 bits per heavy atom. The van der Waals surface area contributed by atoms with Crippen LogP contribution in [0.3, 0.4) is 0 Å². The first kappa shape index (κ1) is 17.6. The minimum atomic E-state index is -6.00. The van der Waals surface area contributed by atoms with Crippen molar-refractivity contribution >= 4 is 44.1 Å². The second kappa shape index (κ2) is 6.13. The Morgan fingerprint density at radius 3 is 0.455 bits per heavy atom. The summed E-state index contributed by atoms with van der Waals surface area (Å²) in [6.45, 7) is 0. The van der Waals surface area contributed by atoms with Gasteiger partial charge < -0.3 is 34.5 Å². The van der Waals surface area contributed by atoms with Crippen LogP contribution in [0.1, 0.15) is 0 Å². The third-order valence-corrected chi connectivity index (χ3v) is 0. The van der Waals surface area contributed by atoms with Gasteiger partial charge in [0.15, 0.2) is 0 Å². The van der Waals surface area contributed by atoms with Crippen molar-refractivity contribution in [3.05, 3.63) is 0 Å². The zero-order valence-electron chi connectivity index (χ0n) is 4.18. The SMILES string of the molecule is F[B-](F)(F)F.F[B-](F)(F)F.[NaH]. The molecule has 0 radical (unpaired) electrons. The van der Waals surface area contributed by atoms with Gasteiger partial charge in [0, 0.05) is 0 Å². The molecule has 11 heteroatoms. The van der Waals surface area contributed by atoms with Gasteiger partial charge >= 0.3 is 44.1 Å². The number of hydrogen-bond donors (Lipinski definition) is 0. The molecule has 0 N–H and O–H groups in total. The van der Waals surface area contributed by atoms with Crippen LogP contribution in [0.5, 0.6) is 0 Å². The fourth-order valence-electron chi connectivity index (χ4n) is 0. The maximum atomic E-state index is 9.75. The fraction of sp³-hybridized carbons (Fsp3) is 0. The van der Waals surface area contributed by atoms with Crippen molar-refractivity contribution in [2.45, 2.75) is 0 Å². The van der Waals surface area contributed by atoms with Crippen LogP contribution in [0.25, 0.3) is 0 Å². The van der Waals surface area contributed by atoms with Crippen LogP contribution in [0, 0.1) is 0 Å². The van der Waals surface area contributed by atoms with Crippen molar-refractivity contribution < 1.29 is 34.5 Å². The van der Waals surface area contributed by atoms with Gasteiger partial charge in [-0.1, -0.05) is 0 Å². The normalized spacial score (nSPS) is 10.9. The average molecular weight is 198 g/mol. The summed E-state index contributed by atoms with van der Waals surface area (Å²) >= 11 is 0. The molecule has 0 bridgehead atoms. The zero-order chi connectivity index (χ0) is 9.00. The first-order valence-electron chi connectivity index (χ1n) is 1.75. The third kappa shape index (κ3) is 2390. The average Bonchev–Trinajstić information content (AvgIpc) is 1.12. The second-order valence-electron chi connectivity index (χ2n) is 0.990. The van der Waals surface area contributed by atoms with E-state index < -0.39 is 14.5 Å². The van der Waals surface area contributed by atoms with E-state index >= 15 is 0 Å². The molecule has 0 nitrogen and oxygen atoms in total. The van der Waals surface area contributed by atoms with Gasteiger partial charge in [-0.2, -0.15) is 0 Å². The molecule has 0 aromatic carbocycles. The van der Waals surface area contributed by atoms with Crippen molar-refractivity contribution in [3.63, 3.8) is 0 Å². The van der Waals surface area contributed by atoms with E-state index in [0.717, 1.165) is 0 Å². The summed E-state index contributed by atoms with van der Waals surface area (Å²) < 4.78 is 78.0. The summed E-state index contributed by atoms with van der Waals surface area (Å²) in [5.74, 6) is 0. The zero-order valence-corrected chi connectivity index (χ0v) is 4.18. The molecule has 0 amide bonds. The molecule has 0 heterocycles. The Kier molecular flexibility index (Phi) is 9.80. The van der Waals surface area contributed by atoms with Crippen LogP contribution in [0.4, 0.5) is 34.5 Å². The van der Waals surface area contributed by atoms with Gasteiger partial charge in [-0.05, 0) is 0 Å². The van der Waals surface area contributed by atoms with Gasteiger partial charge in [0.05, 0.1) is 0 Å². The van der Waals surface area contributed by atoms with E-state index in [9.17, 15) is 34.5 Å². The van der Waals surface area contributed by atoms with E-state index in [1.54, 1.807) is 0 Å². The maximum absolute atomic E-state index is 9.75. The van der Waals surface area contributed by atoms with E-state index in [2.05, 4.69) is 0 Å². The fourth-order valence-corrected chi connectivity index (χ4v) is 0. The van der Waals surface area contributed by atoms with E-state index in [1.165, 1.54) is 0 Å². The Morgan fingerprint density at radius 1 is 0.455 bits per heavy atom. The molecular formula is HB2F8Na-2. The minimum absolute atomic E-state index is 0. The van der Waals surface area contributed by atoms with Gasteiger partial charge in [-0.25, -0.2) is 0 Å². The first-order chi connectivity index (χ1) is 4.00. The molecule has 0 aromatic rings. The molecule has 0 aromatic heterocycles. The van der Waals surface area contributed by atoms with Crippen molar-refractivity contribution in [3.8, 4) is 0 Å². The molecule has 0 rings (SSSR count). The molecule has 0 aliphatic heterocycles. The molecular weight excluding hydrogens is 197 g/mol. The van der Waals surface area contributed by atoms with Crippen molar-refractivity contribution in [2.75, 3.05) is 0 Å². The quantitative estimate of drug-likeness (QED) is 0.411. The van der Waals surface area contributed by atoms with Crippen molar-refractivity contribution in [1.29, 1.82) is 0 Å². The molecule has 0 spiro atoms. The molecule has 0 aliphatic carbocycles. The van der Waals surface area contributed by atoms with Crippen molar-refractivity contribution in [2.24, 2.45) is 0 Å². The molecule has 11 heavy (non-hydrogen) atoms. The van der Waals surface area contributed by atoms with Crippen LogP contribution < -0.4 is 0 Å². The molecule has 0 saturated heterocycles. The van der Waals surface area contributed by atoms with Crippen molar-refractivity contribution in [1.82, 2.24) is 0 Å². The number of halogens is 8.